The average molecular weight is 383 g/mol. The number of nitrogens with one attached hydrogen (secondary N) is 1. The highest BCUT2D eigenvalue weighted by molar-refractivity contribution is 6.12. The molecule has 7 nitrogen and oxygen atoms in total. The Morgan fingerprint density at radius 1 is 1.04 bits per heavy atom. The molecule has 0 aliphatic carbocycles. The minimum atomic E-state index is -0.311. The van der Waals surface area contributed by atoms with Crippen molar-refractivity contribution >= 4 is 28.3 Å². The number of carbonyl (C=O) groups excluding carboxylic acids is 2. The van der Waals surface area contributed by atoms with Gasteiger partial charge in [-0.3, -0.25) is 9.59 Å². The van der Waals surface area contributed by atoms with E-state index in [1.165, 1.54) is 21.3 Å². The van der Waals surface area contributed by atoms with Crippen LogP contribution in [-0.2, 0) is 9.53 Å². The number of hydrogen-bond donors (Lipinski definition) is 1. The minimum Gasteiger partial charge on any atom is -0.497 e. The van der Waals surface area contributed by atoms with E-state index in [0.29, 0.717) is 33.9 Å². The molecule has 2 aromatic carbocycles. The highest BCUT2D eigenvalue weighted by Gasteiger charge is 2.23. The Labute approximate surface area is 162 Å². The van der Waals surface area contributed by atoms with Crippen LogP contribution in [0.5, 0.6) is 11.5 Å². The van der Waals surface area contributed by atoms with Gasteiger partial charge in [0.25, 0.3) is 0 Å². The van der Waals surface area contributed by atoms with Gasteiger partial charge in [0, 0.05) is 29.8 Å². The molecule has 3 aromatic rings. The standard InChI is InChI=1S/C21H21NO6/c1-12-15-7-5-13(22-19(23)11-25-2)9-18(15)28-21(12)20(24)16-10-14(26-3)6-8-17(16)27-4/h5-10H,11H2,1-4H3,(H,22,23). The van der Waals surface area contributed by atoms with Gasteiger partial charge >= 0.3 is 0 Å². The fraction of sp³-hybridized carbons (Fsp3) is 0.238. The molecule has 0 fully saturated rings. The smallest absolute Gasteiger partial charge is 0.250 e. The fourth-order valence-electron chi connectivity index (χ4n) is 2.96. The number of aryl methyl sites for hydroxylation is 1. The van der Waals surface area contributed by atoms with Gasteiger partial charge in [-0.05, 0) is 37.3 Å². The molecule has 1 heterocycles. The largest absolute Gasteiger partial charge is 0.497 e. The number of anilines is 1. The van der Waals surface area contributed by atoms with Crippen LogP contribution in [0, 0.1) is 6.92 Å². The first-order valence-corrected chi connectivity index (χ1v) is 8.57. The third kappa shape index (κ3) is 3.70. The number of carbonyl (C=O) groups is 2. The maximum Gasteiger partial charge on any atom is 0.250 e. The van der Waals surface area contributed by atoms with Crippen LogP contribution >= 0.6 is 0 Å². The van der Waals surface area contributed by atoms with Crippen LogP contribution in [0.25, 0.3) is 11.0 Å². The van der Waals surface area contributed by atoms with Gasteiger partial charge in [-0.1, -0.05) is 0 Å². The SMILES string of the molecule is COCC(=O)Nc1ccc2c(C)c(C(=O)c3cc(OC)ccc3OC)oc2c1. The predicted molar refractivity (Wildman–Crippen MR) is 104 cm³/mol. The van der Waals surface area contributed by atoms with E-state index in [1.807, 2.05) is 6.92 Å². The normalized spacial score (nSPS) is 10.7. The van der Waals surface area contributed by atoms with Crippen molar-refractivity contribution in [3.05, 3.63) is 53.3 Å². The van der Waals surface area contributed by atoms with E-state index < -0.39 is 0 Å². The van der Waals surface area contributed by atoms with E-state index >= 15 is 0 Å². The van der Waals surface area contributed by atoms with Crippen molar-refractivity contribution in [2.45, 2.75) is 6.92 Å². The Balaban J connectivity index is 2.00. The van der Waals surface area contributed by atoms with E-state index in [1.54, 1.807) is 36.4 Å². The van der Waals surface area contributed by atoms with Crippen LogP contribution in [0.2, 0.25) is 0 Å². The molecule has 0 radical (unpaired) electrons. The molecule has 146 valence electrons. The maximum absolute atomic E-state index is 13.1. The van der Waals surface area contributed by atoms with Gasteiger partial charge in [-0.15, -0.1) is 0 Å². The van der Waals surface area contributed by atoms with Gasteiger partial charge in [-0.2, -0.15) is 0 Å². The predicted octanol–water partition coefficient (Wildman–Crippen LogP) is 3.57. The molecule has 7 heteroatoms. The number of methoxy groups -OCH3 is 3. The van der Waals surface area contributed by atoms with Gasteiger partial charge in [0.15, 0.2) is 5.76 Å². The molecule has 1 N–H and O–H groups in total. The van der Waals surface area contributed by atoms with Crippen molar-refractivity contribution in [3.8, 4) is 11.5 Å². The summed E-state index contributed by atoms with van der Waals surface area (Å²) in [7, 11) is 4.48. The first-order chi connectivity index (χ1) is 13.5. The number of furan rings is 1. The Bertz CT molecular complexity index is 1040. The molecular formula is C21H21NO6. The van der Waals surface area contributed by atoms with Crippen LogP contribution in [-0.4, -0.2) is 39.6 Å². The van der Waals surface area contributed by atoms with Gasteiger partial charge in [0.2, 0.25) is 11.7 Å². The second-order valence-corrected chi connectivity index (χ2v) is 6.14. The van der Waals surface area contributed by atoms with Crippen LogP contribution in [0.1, 0.15) is 21.7 Å². The summed E-state index contributed by atoms with van der Waals surface area (Å²) in [6, 6.07) is 10.2. The van der Waals surface area contributed by atoms with Crippen LogP contribution in [0.15, 0.2) is 40.8 Å². The zero-order valence-corrected chi connectivity index (χ0v) is 16.1. The summed E-state index contributed by atoms with van der Waals surface area (Å²) < 4.78 is 21.2. The average Bonchev–Trinajstić information content (AvgIpc) is 3.03. The lowest BCUT2D eigenvalue weighted by atomic mass is 10.0. The Hall–Kier alpha value is -3.32. The summed E-state index contributed by atoms with van der Waals surface area (Å²) in [5.41, 5.74) is 2.11. The van der Waals surface area contributed by atoms with Crippen molar-refractivity contribution in [1.82, 2.24) is 0 Å². The second-order valence-electron chi connectivity index (χ2n) is 6.14. The molecule has 28 heavy (non-hydrogen) atoms. The summed E-state index contributed by atoms with van der Waals surface area (Å²) in [6.07, 6.45) is 0. The number of ketones is 1. The monoisotopic (exact) mass is 383 g/mol. The van der Waals surface area contributed by atoms with Crippen LogP contribution in [0.3, 0.4) is 0 Å². The number of rotatable bonds is 7. The van der Waals surface area contributed by atoms with Crippen molar-refractivity contribution in [2.24, 2.45) is 0 Å². The lowest BCUT2D eigenvalue weighted by Crippen LogP contribution is -2.16. The molecule has 0 aliphatic heterocycles. The lowest BCUT2D eigenvalue weighted by molar-refractivity contribution is -0.119. The van der Waals surface area contributed by atoms with Gasteiger partial charge in [-0.25, -0.2) is 0 Å². The summed E-state index contributed by atoms with van der Waals surface area (Å²) in [6.45, 7) is 1.77. The molecule has 0 aliphatic rings. The van der Waals surface area contributed by atoms with Gasteiger partial charge < -0.3 is 23.9 Å². The van der Waals surface area contributed by atoms with Crippen molar-refractivity contribution < 1.29 is 28.2 Å². The fourth-order valence-corrected chi connectivity index (χ4v) is 2.96. The molecule has 1 aromatic heterocycles. The summed E-state index contributed by atoms with van der Waals surface area (Å²) >= 11 is 0. The zero-order chi connectivity index (χ0) is 20.3. The Kier molecular flexibility index (Phi) is 5.65. The molecule has 1 amide bonds. The molecule has 3 rings (SSSR count). The summed E-state index contributed by atoms with van der Waals surface area (Å²) in [5.74, 6) is 0.595. The van der Waals surface area contributed by atoms with E-state index in [2.05, 4.69) is 5.32 Å². The third-order valence-corrected chi connectivity index (χ3v) is 4.35. The molecule has 0 unspecified atom stereocenters. The number of ether oxygens (including phenoxy) is 3. The topological polar surface area (TPSA) is 87.0 Å². The molecule has 0 bridgehead atoms. The van der Waals surface area contributed by atoms with Crippen molar-refractivity contribution in [1.29, 1.82) is 0 Å². The quantitative estimate of drug-likeness (QED) is 0.628. The van der Waals surface area contributed by atoms with Crippen molar-refractivity contribution in [3.63, 3.8) is 0 Å². The Morgan fingerprint density at radius 2 is 1.82 bits per heavy atom. The highest BCUT2D eigenvalue weighted by atomic mass is 16.5. The van der Waals surface area contributed by atoms with E-state index in [4.69, 9.17) is 18.6 Å². The molecular weight excluding hydrogens is 362 g/mol. The number of benzene rings is 2. The van der Waals surface area contributed by atoms with Crippen molar-refractivity contribution in [2.75, 3.05) is 33.3 Å². The van der Waals surface area contributed by atoms with Gasteiger partial charge in [0.05, 0.1) is 19.8 Å². The Morgan fingerprint density at radius 3 is 2.50 bits per heavy atom. The number of amides is 1. The highest BCUT2D eigenvalue weighted by Crippen LogP contribution is 2.32. The first kappa shape index (κ1) is 19.4. The summed E-state index contributed by atoms with van der Waals surface area (Å²) in [5, 5.41) is 3.50. The summed E-state index contributed by atoms with van der Waals surface area (Å²) in [4.78, 5) is 24.8. The number of hydrogen-bond acceptors (Lipinski definition) is 6. The molecule has 0 spiro atoms. The van der Waals surface area contributed by atoms with E-state index in [-0.39, 0.29) is 24.1 Å². The number of fused-ring (bicyclic) bond motifs is 1. The van der Waals surface area contributed by atoms with Crippen LogP contribution in [0.4, 0.5) is 5.69 Å². The second kappa shape index (κ2) is 8.14. The van der Waals surface area contributed by atoms with Crippen LogP contribution < -0.4 is 14.8 Å². The molecule has 0 atom stereocenters. The molecule has 0 saturated carbocycles. The third-order valence-electron chi connectivity index (χ3n) is 4.35. The van der Waals surface area contributed by atoms with Gasteiger partial charge in [0.1, 0.15) is 23.7 Å². The van der Waals surface area contributed by atoms with E-state index in [9.17, 15) is 9.59 Å². The lowest BCUT2D eigenvalue weighted by Gasteiger charge is -2.08. The van der Waals surface area contributed by atoms with E-state index in [0.717, 1.165) is 5.39 Å². The zero-order valence-electron chi connectivity index (χ0n) is 16.1. The minimum absolute atomic E-state index is 0.0470. The molecule has 0 saturated heterocycles. The maximum atomic E-state index is 13.1. The first-order valence-electron chi connectivity index (χ1n) is 8.57.